The third kappa shape index (κ3) is 5.16. The lowest BCUT2D eigenvalue weighted by Gasteiger charge is -2.12. The van der Waals surface area contributed by atoms with Gasteiger partial charge < -0.3 is 5.32 Å². The maximum atomic E-state index is 13.6. The molecule has 2 aromatic carbocycles. The molecule has 0 unspecified atom stereocenters. The predicted molar refractivity (Wildman–Crippen MR) is 141 cm³/mol. The molecule has 4 aromatic rings. The van der Waals surface area contributed by atoms with E-state index in [0.29, 0.717) is 39.7 Å². The smallest absolute Gasteiger partial charge is 0.251 e. The van der Waals surface area contributed by atoms with Crippen LogP contribution in [0.25, 0.3) is 33.5 Å². The molecule has 0 spiro atoms. The number of benzene rings is 2. The zero-order chi connectivity index (χ0) is 25.1. The van der Waals surface area contributed by atoms with Crippen LogP contribution in [0.15, 0.2) is 72.0 Å². The molecule has 36 heavy (non-hydrogen) atoms. The maximum Gasteiger partial charge on any atom is 0.251 e. The summed E-state index contributed by atoms with van der Waals surface area (Å²) in [6.45, 7) is 2.43. The summed E-state index contributed by atoms with van der Waals surface area (Å²) in [6.07, 6.45) is 8.07. The molecule has 0 saturated heterocycles. The van der Waals surface area contributed by atoms with E-state index in [0.717, 1.165) is 41.7 Å². The molecule has 1 aliphatic rings. The van der Waals surface area contributed by atoms with Crippen molar-refractivity contribution >= 4 is 34.3 Å². The van der Waals surface area contributed by atoms with Gasteiger partial charge >= 0.3 is 0 Å². The van der Waals surface area contributed by atoms with E-state index in [9.17, 15) is 9.18 Å². The quantitative estimate of drug-likeness (QED) is 0.238. The number of nitrogens with one attached hydrogen (secondary N) is 1. The third-order valence-corrected chi connectivity index (χ3v) is 6.37. The Morgan fingerprint density at radius 2 is 1.81 bits per heavy atom. The van der Waals surface area contributed by atoms with Crippen molar-refractivity contribution in [1.29, 1.82) is 0 Å². The average Bonchev–Trinajstić information content (AvgIpc) is 3.41. The second-order valence-electron chi connectivity index (χ2n) is 8.61. The summed E-state index contributed by atoms with van der Waals surface area (Å²) in [5.74, 6) is -0.500. The normalized spacial score (nSPS) is 12.7. The molecule has 0 fully saturated rings. The Labute approximate surface area is 213 Å². The molecule has 6 nitrogen and oxygen atoms in total. The fourth-order valence-electron chi connectivity index (χ4n) is 4.06. The molecule has 0 bridgehead atoms. The van der Waals surface area contributed by atoms with Crippen molar-refractivity contribution in [2.24, 2.45) is 4.99 Å². The lowest BCUT2D eigenvalue weighted by Crippen LogP contribution is -2.24. The molecule has 0 saturated carbocycles. The van der Waals surface area contributed by atoms with Crippen LogP contribution in [-0.4, -0.2) is 33.1 Å². The Bertz CT molecular complexity index is 1510. The highest BCUT2D eigenvalue weighted by Crippen LogP contribution is 2.32. The highest BCUT2D eigenvalue weighted by molar-refractivity contribution is 6.30. The highest BCUT2D eigenvalue weighted by atomic mass is 35.5. The van der Waals surface area contributed by atoms with Gasteiger partial charge in [0, 0.05) is 47.8 Å². The molecule has 1 aliphatic heterocycles. The zero-order valence-corrected chi connectivity index (χ0v) is 20.4. The van der Waals surface area contributed by atoms with Gasteiger partial charge in [-0.15, -0.1) is 0 Å². The minimum atomic E-state index is -0.332. The number of hydrogen-bond donors (Lipinski definition) is 1. The van der Waals surface area contributed by atoms with Crippen LogP contribution in [0, 0.1) is 12.7 Å². The summed E-state index contributed by atoms with van der Waals surface area (Å²) >= 11 is 6.14. The van der Waals surface area contributed by atoms with Gasteiger partial charge in [-0.3, -0.25) is 9.79 Å². The van der Waals surface area contributed by atoms with Crippen LogP contribution in [0.2, 0.25) is 5.15 Å². The minimum Gasteiger partial charge on any atom is -0.352 e. The van der Waals surface area contributed by atoms with Gasteiger partial charge in [0.25, 0.3) is 5.91 Å². The van der Waals surface area contributed by atoms with Gasteiger partial charge in [-0.25, -0.2) is 19.3 Å². The van der Waals surface area contributed by atoms with Crippen LogP contribution in [0.1, 0.15) is 35.2 Å². The first-order valence-electron chi connectivity index (χ1n) is 11.7. The molecule has 1 N–H and O–H groups in total. The summed E-state index contributed by atoms with van der Waals surface area (Å²) in [4.78, 5) is 31.0. The number of nitrogens with zero attached hydrogens (tertiary/aromatic N) is 4. The Hall–Kier alpha value is -3.97. The highest BCUT2D eigenvalue weighted by Gasteiger charge is 2.16. The van der Waals surface area contributed by atoms with Gasteiger partial charge in [-0.1, -0.05) is 17.7 Å². The van der Waals surface area contributed by atoms with Crippen molar-refractivity contribution in [1.82, 2.24) is 20.3 Å². The van der Waals surface area contributed by atoms with Crippen LogP contribution < -0.4 is 5.32 Å². The van der Waals surface area contributed by atoms with Gasteiger partial charge in [0.05, 0.1) is 22.4 Å². The number of hydrogen-bond acceptors (Lipinski definition) is 5. The molecule has 1 amide bonds. The number of rotatable bonds is 7. The van der Waals surface area contributed by atoms with Gasteiger partial charge in [0.1, 0.15) is 11.0 Å². The molecule has 2 aromatic heterocycles. The van der Waals surface area contributed by atoms with Crippen LogP contribution in [0.5, 0.6) is 0 Å². The van der Waals surface area contributed by atoms with Crippen LogP contribution in [-0.2, 0) is 0 Å². The van der Waals surface area contributed by atoms with Crippen molar-refractivity contribution < 1.29 is 9.18 Å². The van der Waals surface area contributed by atoms with Gasteiger partial charge in [0.15, 0.2) is 0 Å². The number of aromatic nitrogens is 3. The molecule has 5 rings (SSSR count). The van der Waals surface area contributed by atoms with E-state index >= 15 is 0 Å². The Kier molecular flexibility index (Phi) is 6.82. The van der Waals surface area contributed by atoms with Crippen molar-refractivity contribution in [3.05, 3.63) is 89.1 Å². The summed E-state index contributed by atoms with van der Waals surface area (Å²) < 4.78 is 13.6. The van der Waals surface area contributed by atoms with E-state index in [1.165, 1.54) is 12.1 Å². The fraction of sp³-hybridized carbons (Fsp3) is 0.179. The van der Waals surface area contributed by atoms with Gasteiger partial charge in [0.2, 0.25) is 0 Å². The molecule has 0 radical (unpaired) electrons. The topological polar surface area (TPSA) is 80.1 Å². The van der Waals surface area contributed by atoms with Crippen molar-refractivity contribution in [2.45, 2.75) is 26.2 Å². The average molecular weight is 500 g/mol. The zero-order valence-electron chi connectivity index (χ0n) is 19.6. The molecule has 3 heterocycles. The third-order valence-electron chi connectivity index (χ3n) is 5.98. The van der Waals surface area contributed by atoms with Crippen molar-refractivity contribution in [3.63, 3.8) is 0 Å². The number of fused-ring (bicyclic) bond motifs is 1. The monoisotopic (exact) mass is 499 g/mol. The van der Waals surface area contributed by atoms with E-state index in [4.69, 9.17) is 21.6 Å². The lowest BCUT2D eigenvalue weighted by molar-refractivity contribution is 0.0953. The van der Waals surface area contributed by atoms with E-state index in [-0.39, 0.29) is 11.7 Å². The number of allylic oxidation sites excluding steroid dienone is 1. The number of halogens is 2. The summed E-state index contributed by atoms with van der Waals surface area (Å²) in [5.41, 5.74) is 6.25. The lowest BCUT2D eigenvalue weighted by atomic mass is 10.0. The maximum absolute atomic E-state index is 13.6. The van der Waals surface area contributed by atoms with E-state index in [2.05, 4.69) is 15.3 Å². The van der Waals surface area contributed by atoms with E-state index < -0.39 is 0 Å². The fourth-order valence-corrected chi connectivity index (χ4v) is 4.16. The minimum absolute atomic E-state index is 0.168. The van der Waals surface area contributed by atoms with Crippen molar-refractivity contribution in [2.75, 3.05) is 6.54 Å². The number of aryl methyl sites for hydroxylation is 1. The Morgan fingerprint density at radius 3 is 2.56 bits per heavy atom. The SMILES string of the molecule is Cc1cc(-c2nc3cc(C(=O)NCCCC4=NC=CC4)ccc3nc2-c2ccc(F)cc2)cnc1Cl. The van der Waals surface area contributed by atoms with Gasteiger partial charge in [-0.05, 0) is 73.9 Å². The molecular weight excluding hydrogens is 477 g/mol. The molecule has 0 atom stereocenters. The number of pyridine rings is 1. The first-order valence-corrected chi connectivity index (χ1v) is 12.0. The van der Waals surface area contributed by atoms with Crippen molar-refractivity contribution in [3.8, 4) is 22.5 Å². The Balaban J connectivity index is 1.46. The number of aliphatic imine (C=N–C) groups is 1. The largest absolute Gasteiger partial charge is 0.352 e. The molecular formula is C28H23ClFN5O. The summed E-state index contributed by atoms with van der Waals surface area (Å²) in [7, 11) is 0. The molecule has 180 valence electrons. The molecule has 0 aliphatic carbocycles. The number of carbonyl (C=O) groups excluding carboxylic acids is 1. The molecule has 8 heteroatoms. The number of carbonyl (C=O) groups is 1. The second-order valence-corrected chi connectivity index (χ2v) is 8.96. The first kappa shape index (κ1) is 23.8. The predicted octanol–water partition coefficient (Wildman–Crippen LogP) is 6.33. The first-order chi connectivity index (χ1) is 17.5. The summed E-state index contributed by atoms with van der Waals surface area (Å²) in [5, 5.41) is 3.38. The van der Waals surface area contributed by atoms with Gasteiger partial charge in [-0.2, -0.15) is 0 Å². The number of amides is 1. The summed E-state index contributed by atoms with van der Waals surface area (Å²) in [6, 6.07) is 13.2. The van der Waals surface area contributed by atoms with Crippen LogP contribution in [0.3, 0.4) is 0 Å². The Morgan fingerprint density at radius 1 is 1.03 bits per heavy atom. The van der Waals surface area contributed by atoms with Crippen LogP contribution >= 0.6 is 11.6 Å². The van der Waals surface area contributed by atoms with Crippen LogP contribution in [0.4, 0.5) is 4.39 Å². The van der Waals surface area contributed by atoms with E-state index in [1.54, 1.807) is 36.5 Å². The standard InChI is InChI=1S/C28H23ClFN5O/c1-17-14-20(16-33-27(17)29)26-25(18-6-9-21(30)10-7-18)34-23-11-8-19(15-24(23)35-26)28(36)32-13-3-5-22-4-2-12-31-22/h2,6-12,14-16H,3-5,13H2,1H3,(H,32,36). The second kappa shape index (κ2) is 10.3. The van der Waals surface area contributed by atoms with E-state index in [1.807, 2.05) is 25.3 Å².